The number of nitrogens with one attached hydrogen (secondary N) is 1. The number of carbonyl (C=O) groups is 1. The van der Waals surface area contributed by atoms with Crippen LogP contribution in [0, 0.1) is 6.92 Å². The van der Waals surface area contributed by atoms with Crippen LogP contribution in [0.3, 0.4) is 0 Å². The van der Waals surface area contributed by atoms with E-state index >= 15 is 0 Å². The summed E-state index contributed by atoms with van der Waals surface area (Å²) >= 11 is 0. The lowest BCUT2D eigenvalue weighted by atomic mass is 10.1. The normalized spacial score (nSPS) is 19.6. The Bertz CT molecular complexity index is 1010. The molecule has 1 aromatic carbocycles. The molecule has 7 heteroatoms. The fraction of sp³-hybridized carbons (Fsp3) is 0.400. The zero-order valence-electron chi connectivity index (χ0n) is 15.2. The van der Waals surface area contributed by atoms with Crippen molar-refractivity contribution in [1.29, 1.82) is 0 Å². The van der Waals surface area contributed by atoms with E-state index in [0.717, 1.165) is 49.1 Å². The number of para-hydroxylation sites is 1. The first-order valence-electron chi connectivity index (χ1n) is 9.43. The van der Waals surface area contributed by atoms with Gasteiger partial charge in [0.2, 0.25) is 5.89 Å². The van der Waals surface area contributed by atoms with E-state index in [1.54, 1.807) is 0 Å². The van der Waals surface area contributed by atoms with E-state index < -0.39 is 0 Å². The summed E-state index contributed by atoms with van der Waals surface area (Å²) in [6.45, 7) is 3.44. The Hall–Kier alpha value is -2.96. The number of hydrogen-bond donors (Lipinski definition) is 1. The Labute approximate surface area is 156 Å². The van der Waals surface area contributed by atoms with E-state index in [9.17, 15) is 4.79 Å². The average molecular weight is 363 g/mol. The monoisotopic (exact) mass is 363 g/mol. The van der Waals surface area contributed by atoms with E-state index in [1.165, 1.54) is 0 Å². The number of amides is 1. The third-order valence-corrected chi connectivity index (χ3v) is 5.26. The Morgan fingerprint density at radius 2 is 2.07 bits per heavy atom. The number of rotatable bonds is 4. The second-order valence-electron chi connectivity index (χ2n) is 7.40. The number of nitrogens with zero attached hydrogens (tertiary/aromatic N) is 4. The number of anilines is 1. The van der Waals surface area contributed by atoms with E-state index in [4.69, 9.17) is 9.51 Å². The molecule has 0 spiro atoms. The predicted octanol–water partition coefficient (Wildman–Crippen LogP) is 2.81. The van der Waals surface area contributed by atoms with E-state index in [-0.39, 0.29) is 11.8 Å². The molecule has 1 atom stereocenters. The van der Waals surface area contributed by atoms with Crippen molar-refractivity contribution in [3.63, 3.8) is 0 Å². The Morgan fingerprint density at radius 1 is 1.22 bits per heavy atom. The van der Waals surface area contributed by atoms with Crippen LogP contribution in [0.15, 0.2) is 34.9 Å². The molecule has 3 heterocycles. The number of hydrogen-bond acceptors (Lipinski definition) is 6. The van der Waals surface area contributed by atoms with Crippen LogP contribution in [0.2, 0.25) is 0 Å². The maximum absolute atomic E-state index is 12.8. The number of aryl methyl sites for hydroxylation is 1. The summed E-state index contributed by atoms with van der Waals surface area (Å²) in [6, 6.07) is 10.1. The SMILES string of the molecule is Cc1noc(C2CCN(c3cc(C(=O)NC4CC4)c4ccccc4n3)C2)n1. The van der Waals surface area contributed by atoms with Crippen LogP contribution >= 0.6 is 0 Å². The second kappa shape index (κ2) is 6.33. The fourth-order valence-corrected chi connectivity index (χ4v) is 3.65. The molecule has 7 nitrogen and oxygen atoms in total. The van der Waals surface area contributed by atoms with Crippen LogP contribution < -0.4 is 10.2 Å². The van der Waals surface area contributed by atoms with Crippen molar-refractivity contribution in [2.75, 3.05) is 18.0 Å². The Morgan fingerprint density at radius 3 is 2.85 bits per heavy atom. The van der Waals surface area contributed by atoms with Crippen LogP contribution in [0.25, 0.3) is 10.9 Å². The molecule has 1 amide bonds. The minimum Gasteiger partial charge on any atom is -0.356 e. The minimum absolute atomic E-state index is 0.0133. The average Bonchev–Trinajstić information content (AvgIpc) is 3.17. The lowest BCUT2D eigenvalue weighted by Crippen LogP contribution is -2.27. The van der Waals surface area contributed by atoms with Gasteiger partial charge < -0.3 is 14.7 Å². The van der Waals surface area contributed by atoms with Crippen molar-refractivity contribution in [2.45, 2.75) is 38.1 Å². The van der Waals surface area contributed by atoms with E-state index in [1.807, 2.05) is 37.3 Å². The predicted molar refractivity (Wildman–Crippen MR) is 101 cm³/mol. The zero-order valence-corrected chi connectivity index (χ0v) is 15.2. The number of fused-ring (bicyclic) bond motifs is 1. The first kappa shape index (κ1) is 16.2. The highest BCUT2D eigenvalue weighted by atomic mass is 16.5. The molecule has 2 fully saturated rings. The first-order valence-corrected chi connectivity index (χ1v) is 9.43. The highest BCUT2D eigenvalue weighted by molar-refractivity contribution is 6.07. The zero-order chi connectivity index (χ0) is 18.4. The van der Waals surface area contributed by atoms with Gasteiger partial charge in [-0.3, -0.25) is 4.79 Å². The third kappa shape index (κ3) is 3.13. The van der Waals surface area contributed by atoms with Gasteiger partial charge in [0.1, 0.15) is 5.82 Å². The topological polar surface area (TPSA) is 84.2 Å². The standard InChI is InChI=1S/C20H21N5O2/c1-12-21-20(27-24-12)13-8-9-25(11-13)18-10-16(19(26)22-14-6-7-14)15-4-2-3-5-17(15)23-18/h2-5,10,13-14H,6-9,11H2,1H3,(H,22,26). The van der Waals surface area contributed by atoms with Crippen LogP contribution in [0.4, 0.5) is 5.82 Å². The largest absolute Gasteiger partial charge is 0.356 e. The van der Waals surface area contributed by atoms with Gasteiger partial charge in [-0.15, -0.1) is 0 Å². The summed E-state index contributed by atoms with van der Waals surface area (Å²) in [5.74, 6) is 2.35. The summed E-state index contributed by atoms with van der Waals surface area (Å²) in [4.78, 5) is 24.1. The van der Waals surface area contributed by atoms with E-state index in [2.05, 4.69) is 20.4 Å². The van der Waals surface area contributed by atoms with Crippen molar-refractivity contribution < 1.29 is 9.32 Å². The summed E-state index contributed by atoms with van der Waals surface area (Å²) in [5, 5.41) is 7.89. The molecule has 1 aliphatic heterocycles. The number of carbonyl (C=O) groups excluding carboxylic acids is 1. The molecule has 0 bridgehead atoms. The van der Waals surface area contributed by atoms with Gasteiger partial charge in [-0.25, -0.2) is 4.98 Å². The quantitative estimate of drug-likeness (QED) is 0.767. The van der Waals surface area contributed by atoms with Crippen molar-refractivity contribution in [1.82, 2.24) is 20.4 Å². The van der Waals surface area contributed by atoms with Crippen LogP contribution in [-0.4, -0.2) is 40.2 Å². The smallest absolute Gasteiger partial charge is 0.252 e. The van der Waals surface area contributed by atoms with Crippen molar-refractivity contribution in [3.8, 4) is 0 Å². The van der Waals surface area contributed by atoms with Gasteiger partial charge in [0.05, 0.1) is 17.0 Å². The van der Waals surface area contributed by atoms with Gasteiger partial charge in [0.15, 0.2) is 5.82 Å². The maximum atomic E-state index is 12.8. The molecule has 2 aromatic heterocycles. The Kier molecular flexibility index (Phi) is 3.81. The minimum atomic E-state index is -0.0133. The fourth-order valence-electron chi connectivity index (χ4n) is 3.65. The highest BCUT2D eigenvalue weighted by Crippen LogP contribution is 2.31. The summed E-state index contributed by atoms with van der Waals surface area (Å²) < 4.78 is 5.34. The maximum Gasteiger partial charge on any atom is 0.252 e. The number of benzene rings is 1. The molecular formula is C20H21N5O2. The van der Waals surface area contributed by atoms with Gasteiger partial charge in [0.25, 0.3) is 5.91 Å². The van der Waals surface area contributed by atoms with Crippen LogP contribution in [-0.2, 0) is 0 Å². The van der Waals surface area contributed by atoms with Gasteiger partial charge in [-0.1, -0.05) is 23.4 Å². The summed E-state index contributed by atoms with van der Waals surface area (Å²) in [6.07, 6.45) is 3.07. The molecule has 1 saturated carbocycles. The molecule has 5 rings (SSSR count). The molecule has 1 N–H and O–H groups in total. The van der Waals surface area contributed by atoms with Gasteiger partial charge in [-0.05, 0) is 38.3 Å². The lowest BCUT2D eigenvalue weighted by Gasteiger charge is -2.19. The van der Waals surface area contributed by atoms with Crippen molar-refractivity contribution in [3.05, 3.63) is 47.6 Å². The van der Waals surface area contributed by atoms with Gasteiger partial charge >= 0.3 is 0 Å². The van der Waals surface area contributed by atoms with Gasteiger partial charge in [0, 0.05) is 24.5 Å². The number of pyridine rings is 1. The molecule has 27 heavy (non-hydrogen) atoms. The molecule has 1 saturated heterocycles. The third-order valence-electron chi connectivity index (χ3n) is 5.26. The molecule has 2 aliphatic rings. The van der Waals surface area contributed by atoms with Gasteiger partial charge in [-0.2, -0.15) is 4.98 Å². The number of aromatic nitrogens is 3. The molecule has 3 aromatic rings. The molecule has 1 unspecified atom stereocenters. The van der Waals surface area contributed by atoms with Crippen LogP contribution in [0.1, 0.15) is 47.3 Å². The van der Waals surface area contributed by atoms with Crippen molar-refractivity contribution in [2.24, 2.45) is 0 Å². The molecular weight excluding hydrogens is 342 g/mol. The lowest BCUT2D eigenvalue weighted by molar-refractivity contribution is 0.0952. The molecule has 1 aliphatic carbocycles. The summed E-state index contributed by atoms with van der Waals surface area (Å²) in [5.41, 5.74) is 1.53. The molecule has 0 radical (unpaired) electrons. The van der Waals surface area contributed by atoms with Crippen molar-refractivity contribution >= 4 is 22.6 Å². The Balaban J connectivity index is 1.47. The highest BCUT2D eigenvalue weighted by Gasteiger charge is 2.30. The molecule has 138 valence electrons. The first-order chi connectivity index (χ1) is 13.2. The second-order valence-corrected chi connectivity index (χ2v) is 7.40. The summed E-state index contributed by atoms with van der Waals surface area (Å²) in [7, 11) is 0. The van der Waals surface area contributed by atoms with Crippen LogP contribution in [0.5, 0.6) is 0 Å². The van der Waals surface area contributed by atoms with E-state index in [0.29, 0.717) is 23.3 Å².